The fourth-order valence-corrected chi connectivity index (χ4v) is 2.38. The number of carbonyl (C=O) groups is 2. The first-order chi connectivity index (χ1) is 11.2. The van der Waals surface area contributed by atoms with Crippen LogP contribution < -0.4 is 10.1 Å². The van der Waals surface area contributed by atoms with Gasteiger partial charge in [0, 0.05) is 11.0 Å². The summed E-state index contributed by atoms with van der Waals surface area (Å²) in [7, 11) is 0. The Morgan fingerprint density at radius 1 is 1.22 bits per heavy atom. The lowest BCUT2D eigenvalue weighted by molar-refractivity contribution is -0.142. The molecule has 0 fully saturated rings. The molecule has 0 aliphatic rings. The second kappa shape index (κ2) is 8.75. The molecule has 1 N–H and O–H groups in total. The predicted octanol–water partition coefficient (Wildman–Crippen LogP) is 3.34. The molecular weight excluding hydrogens is 314 g/mol. The van der Waals surface area contributed by atoms with E-state index in [9.17, 15) is 9.59 Å². The highest BCUT2D eigenvalue weighted by Gasteiger charge is 2.09. The van der Waals surface area contributed by atoms with Gasteiger partial charge in [-0.05, 0) is 36.6 Å². The molecule has 23 heavy (non-hydrogen) atoms. The summed E-state index contributed by atoms with van der Waals surface area (Å²) in [5, 5.41) is 4.57. The fourth-order valence-electron chi connectivity index (χ4n) is 1.76. The zero-order chi connectivity index (χ0) is 16.5. The second-order valence-corrected chi connectivity index (χ2v) is 5.41. The highest BCUT2D eigenvalue weighted by molar-refractivity contribution is 7.10. The van der Waals surface area contributed by atoms with Crippen molar-refractivity contribution in [1.82, 2.24) is 0 Å². The van der Waals surface area contributed by atoms with Gasteiger partial charge in [0.05, 0.1) is 12.3 Å². The van der Waals surface area contributed by atoms with E-state index in [0.717, 1.165) is 4.88 Å². The maximum Gasteiger partial charge on any atom is 0.331 e. The Bertz CT molecular complexity index is 680. The van der Waals surface area contributed by atoms with Crippen LogP contribution in [0.2, 0.25) is 0 Å². The molecule has 0 saturated heterocycles. The fraction of sp³-hybridized carbons (Fsp3) is 0.176. The predicted molar refractivity (Wildman–Crippen MR) is 90.6 cm³/mol. The average Bonchev–Trinajstić information content (AvgIpc) is 3.06. The van der Waals surface area contributed by atoms with E-state index in [4.69, 9.17) is 9.47 Å². The molecule has 2 rings (SSSR count). The van der Waals surface area contributed by atoms with Gasteiger partial charge in [-0.15, -0.1) is 11.3 Å². The van der Waals surface area contributed by atoms with E-state index in [1.807, 2.05) is 30.5 Å². The second-order valence-electron chi connectivity index (χ2n) is 4.43. The van der Waals surface area contributed by atoms with Gasteiger partial charge in [0.2, 0.25) is 0 Å². The van der Waals surface area contributed by atoms with E-state index in [1.54, 1.807) is 24.3 Å². The normalized spacial score (nSPS) is 10.5. The molecule has 5 nitrogen and oxygen atoms in total. The number of anilines is 1. The van der Waals surface area contributed by atoms with Crippen molar-refractivity contribution in [2.24, 2.45) is 0 Å². The Morgan fingerprint density at radius 2 is 2.04 bits per heavy atom. The van der Waals surface area contributed by atoms with Gasteiger partial charge in [-0.1, -0.05) is 18.2 Å². The van der Waals surface area contributed by atoms with Crippen LogP contribution in [0, 0.1) is 0 Å². The molecule has 0 atom stereocenters. The van der Waals surface area contributed by atoms with Crippen LogP contribution in [-0.2, 0) is 14.3 Å². The zero-order valence-corrected chi connectivity index (χ0v) is 13.5. The van der Waals surface area contributed by atoms with Gasteiger partial charge in [0.1, 0.15) is 5.75 Å². The third-order valence-corrected chi connectivity index (χ3v) is 3.57. The number of esters is 1. The quantitative estimate of drug-likeness (QED) is 0.624. The number of hydrogen-bond acceptors (Lipinski definition) is 5. The summed E-state index contributed by atoms with van der Waals surface area (Å²) < 4.78 is 10.3. The standard InChI is InChI=1S/C17H17NO4S/c1-2-21-15-8-4-3-7-14(15)18-16(19)12-22-17(20)10-9-13-6-5-11-23-13/h3-11H,2,12H2,1H3,(H,18,19). The minimum atomic E-state index is -0.563. The zero-order valence-electron chi connectivity index (χ0n) is 12.7. The number of nitrogens with one attached hydrogen (secondary N) is 1. The average molecular weight is 331 g/mol. The summed E-state index contributed by atoms with van der Waals surface area (Å²) in [6, 6.07) is 10.9. The van der Waals surface area contributed by atoms with E-state index in [2.05, 4.69) is 5.32 Å². The molecule has 1 aromatic carbocycles. The molecular formula is C17H17NO4S. The Kier molecular flexibility index (Phi) is 6.38. The van der Waals surface area contributed by atoms with Crippen molar-refractivity contribution in [2.45, 2.75) is 6.92 Å². The molecule has 1 heterocycles. The Balaban J connectivity index is 1.82. The van der Waals surface area contributed by atoms with E-state index >= 15 is 0 Å². The Labute approximate surface area is 138 Å². The van der Waals surface area contributed by atoms with Gasteiger partial charge in [-0.25, -0.2) is 4.79 Å². The largest absolute Gasteiger partial charge is 0.492 e. The number of para-hydroxylation sites is 2. The van der Waals surface area contributed by atoms with Gasteiger partial charge >= 0.3 is 5.97 Å². The maximum atomic E-state index is 11.8. The molecule has 0 spiro atoms. The van der Waals surface area contributed by atoms with Crippen LogP contribution in [-0.4, -0.2) is 25.1 Å². The van der Waals surface area contributed by atoms with Gasteiger partial charge in [0.25, 0.3) is 5.91 Å². The summed E-state index contributed by atoms with van der Waals surface area (Å²) >= 11 is 1.51. The number of thiophene rings is 1. The highest BCUT2D eigenvalue weighted by atomic mass is 32.1. The van der Waals surface area contributed by atoms with Crippen molar-refractivity contribution in [3.8, 4) is 5.75 Å². The lowest BCUT2D eigenvalue weighted by atomic mass is 10.3. The van der Waals surface area contributed by atoms with E-state index < -0.39 is 11.9 Å². The monoisotopic (exact) mass is 331 g/mol. The topological polar surface area (TPSA) is 64.6 Å². The molecule has 0 radical (unpaired) electrons. The third kappa shape index (κ3) is 5.60. The smallest absolute Gasteiger partial charge is 0.331 e. The van der Waals surface area contributed by atoms with Crippen LogP contribution >= 0.6 is 11.3 Å². The van der Waals surface area contributed by atoms with Crippen LogP contribution in [0.3, 0.4) is 0 Å². The van der Waals surface area contributed by atoms with Crippen molar-refractivity contribution >= 4 is 35.0 Å². The molecule has 0 aliphatic carbocycles. The molecule has 0 unspecified atom stereocenters. The first kappa shape index (κ1) is 16.8. The van der Waals surface area contributed by atoms with Gasteiger partial charge in [0.15, 0.2) is 6.61 Å². The van der Waals surface area contributed by atoms with E-state index in [0.29, 0.717) is 18.0 Å². The van der Waals surface area contributed by atoms with Crippen LogP contribution in [0.5, 0.6) is 5.75 Å². The van der Waals surface area contributed by atoms with Crippen LogP contribution in [0.25, 0.3) is 6.08 Å². The first-order valence-corrected chi connectivity index (χ1v) is 7.97. The number of benzene rings is 1. The lowest BCUT2D eigenvalue weighted by Gasteiger charge is -2.11. The summed E-state index contributed by atoms with van der Waals surface area (Å²) in [5.74, 6) is -0.408. The number of amides is 1. The minimum absolute atomic E-state index is 0.353. The van der Waals surface area contributed by atoms with Crippen LogP contribution in [0.1, 0.15) is 11.8 Å². The SMILES string of the molecule is CCOc1ccccc1NC(=O)COC(=O)C=Cc1cccs1. The van der Waals surface area contributed by atoms with Gasteiger partial charge in [-0.3, -0.25) is 4.79 Å². The first-order valence-electron chi connectivity index (χ1n) is 7.09. The van der Waals surface area contributed by atoms with E-state index in [1.165, 1.54) is 17.4 Å². The van der Waals surface area contributed by atoms with Crippen molar-refractivity contribution in [3.05, 3.63) is 52.7 Å². The number of rotatable bonds is 7. The Hall–Kier alpha value is -2.60. The summed E-state index contributed by atoms with van der Waals surface area (Å²) in [6.07, 6.45) is 2.95. The summed E-state index contributed by atoms with van der Waals surface area (Å²) in [4.78, 5) is 24.3. The molecule has 6 heteroatoms. The number of carbonyl (C=O) groups excluding carboxylic acids is 2. The molecule has 1 amide bonds. The van der Waals surface area contributed by atoms with Gasteiger partial charge in [-0.2, -0.15) is 0 Å². The van der Waals surface area contributed by atoms with Crippen molar-refractivity contribution in [2.75, 3.05) is 18.5 Å². The number of hydrogen-bond donors (Lipinski definition) is 1. The third-order valence-electron chi connectivity index (χ3n) is 2.73. The summed E-state index contributed by atoms with van der Waals surface area (Å²) in [6.45, 7) is 2.00. The molecule has 2 aromatic rings. The van der Waals surface area contributed by atoms with Crippen LogP contribution in [0.15, 0.2) is 47.9 Å². The molecule has 120 valence electrons. The molecule has 0 aliphatic heterocycles. The molecule has 0 saturated carbocycles. The highest BCUT2D eigenvalue weighted by Crippen LogP contribution is 2.23. The molecule has 0 bridgehead atoms. The Morgan fingerprint density at radius 3 is 2.78 bits per heavy atom. The minimum Gasteiger partial charge on any atom is -0.492 e. The number of ether oxygens (including phenoxy) is 2. The lowest BCUT2D eigenvalue weighted by Crippen LogP contribution is -2.20. The van der Waals surface area contributed by atoms with Crippen molar-refractivity contribution in [3.63, 3.8) is 0 Å². The maximum absolute atomic E-state index is 11.8. The van der Waals surface area contributed by atoms with E-state index in [-0.39, 0.29) is 6.61 Å². The van der Waals surface area contributed by atoms with Crippen LogP contribution in [0.4, 0.5) is 5.69 Å². The summed E-state index contributed by atoms with van der Waals surface area (Å²) in [5.41, 5.74) is 0.546. The molecule has 1 aromatic heterocycles. The van der Waals surface area contributed by atoms with Crippen molar-refractivity contribution in [1.29, 1.82) is 0 Å². The van der Waals surface area contributed by atoms with Crippen molar-refractivity contribution < 1.29 is 19.1 Å². The van der Waals surface area contributed by atoms with Gasteiger partial charge < -0.3 is 14.8 Å².